The number of aromatic hydroxyl groups is 1. The summed E-state index contributed by atoms with van der Waals surface area (Å²) in [4.78, 5) is 37.4. The third-order valence-electron chi connectivity index (χ3n) is 6.45. The smallest absolute Gasteiger partial charge is 0.226 e. The number of phenols is 1. The molecule has 186 valence electrons. The number of ketones is 3. The van der Waals surface area contributed by atoms with Crippen LogP contribution in [0.2, 0.25) is 0 Å². The quantitative estimate of drug-likeness (QED) is 0.412. The molecule has 1 aromatic rings. The molecule has 4 aliphatic rings. The number of carbonyl (C=O) groups excluding carboxylic acids is 3. The number of carbonyl (C=O) groups is 3. The van der Waals surface area contributed by atoms with E-state index < -0.39 is 11.4 Å². The van der Waals surface area contributed by atoms with E-state index in [1.165, 1.54) is 13.0 Å². The van der Waals surface area contributed by atoms with Gasteiger partial charge in [-0.25, -0.2) is 0 Å². The minimum atomic E-state index is -1.21. The van der Waals surface area contributed by atoms with Crippen LogP contribution in [0.25, 0.3) is 0 Å². The molecule has 0 radical (unpaired) electrons. The Hall–Kier alpha value is -2.93. The molecular weight excluding hydrogens is 434 g/mol. The van der Waals surface area contributed by atoms with Crippen molar-refractivity contribution in [1.82, 2.24) is 5.32 Å². The van der Waals surface area contributed by atoms with Gasteiger partial charge in [0.2, 0.25) is 5.60 Å². The van der Waals surface area contributed by atoms with Crippen molar-refractivity contribution < 1.29 is 29.3 Å². The van der Waals surface area contributed by atoms with Gasteiger partial charge in [-0.15, -0.1) is 0 Å². The second-order valence-electron chi connectivity index (χ2n) is 8.41. The molecule has 3 aliphatic carbocycles. The molecule has 7 heteroatoms. The summed E-state index contributed by atoms with van der Waals surface area (Å²) < 4.78 is 5.80. The fourth-order valence-corrected chi connectivity index (χ4v) is 5.17. The summed E-state index contributed by atoms with van der Waals surface area (Å²) in [7, 11) is 3.75. The van der Waals surface area contributed by atoms with Gasteiger partial charge < -0.3 is 20.3 Å². The number of allylic oxidation sites excluding steroid dienone is 2. The van der Waals surface area contributed by atoms with E-state index in [1.54, 1.807) is 6.07 Å². The van der Waals surface area contributed by atoms with E-state index >= 15 is 0 Å². The predicted octanol–water partition coefficient (Wildman–Crippen LogP) is 4.36. The number of aliphatic hydroxyl groups is 1. The number of aryl methyl sites for hydroxylation is 1. The molecule has 1 aliphatic heterocycles. The van der Waals surface area contributed by atoms with Gasteiger partial charge in [-0.3, -0.25) is 14.4 Å². The maximum atomic E-state index is 13.2. The minimum Gasteiger partial charge on any atom is -0.507 e. The molecule has 1 fully saturated rings. The van der Waals surface area contributed by atoms with Gasteiger partial charge in [0.15, 0.2) is 28.9 Å². The average molecular weight is 472 g/mol. The zero-order valence-electron chi connectivity index (χ0n) is 21.5. The number of nitrogens with one attached hydrogen (secondary N) is 1. The number of aliphatic hydroxyl groups excluding tert-OH is 1. The van der Waals surface area contributed by atoms with Crippen molar-refractivity contribution in [3.63, 3.8) is 0 Å². The van der Waals surface area contributed by atoms with Crippen LogP contribution in [0.15, 0.2) is 34.8 Å². The summed E-state index contributed by atoms with van der Waals surface area (Å²) in [5, 5.41) is 23.7. The van der Waals surface area contributed by atoms with Crippen LogP contribution in [0, 0.1) is 18.8 Å². The number of Topliss-reactive ketones (excluding diaryl/α,β-unsaturated/α-hetero) is 3. The van der Waals surface area contributed by atoms with Crippen LogP contribution in [0.5, 0.6) is 5.75 Å². The second-order valence-corrected chi connectivity index (χ2v) is 8.41. The molecule has 34 heavy (non-hydrogen) atoms. The Kier molecular flexibility index (Phi) is 8.48. The number of ether oxygens (including phenoxy) is 1. The lowest BCUT2D eigenvalue weighted by Gasteiger charge is -2.36. The summed E-state index contributed by atoms with van der Waals surface area (Å²) in [6, 6.07) is 3.30. The second kappa shape index (κ2) is 10.6. The van der Waals surface area contributed by atoms with Gasteiger partial charge in [0.25, 0.3) is 0 Å². The first-order valence-corrected chi connectivity index (χ1v) is 12.0. The Morgan fingerprint density at radius 3 is 2.24 bits per heavy atom. The molecule has 0 amide bonds. The van der Waals surface area contributed by atoms with Crippen LogP contribution in [0.3, 0.4) is 0 Å². The van der Waals surface area contributed by atoms with Crippen molar-refractivity contribution in [2.75, 3.05) is 14.1 Å². The molecule has 1 saturated heterocycles. The van der Waals surface area contributed by atoms with Gasteiger partial charge in [0.1, 0.15) is 11.3 Å². The molecule has 0 aromatic heterocycles. The van der Waals surface area contributed by atoms with Gasteiger partial charge in [0, 0.05) is 17.9 Å². The van der Waals surface area contributed by atoms with E-state index in [1.807, 2.05) is 48.7 Å². The Labute approximate surface area is 201 Å². The number of hydrogen-bond donors (Lipinski definition) is 3. The van der Waals surface area contributed by atoms with Crippen molar-refractivity contribution in [3.8, 4) is 5.75 Å². The predicted molar refractivity (Wildman–Crippen MR) is 131 cm³/mol. The van der Waals surface area contributed by atoms with Gasteiger partial charge >= 0.3 is 0 Å². The summed E-state index contributed by atoms with van der Waals surface area (Å²) in [6.45, 7) is 11.1. The fourth-order valence-electron chi connectivity index (χ4n) is 5.17. The Morgan fingerprint density at radius 2 is 1.68 bits per heavy atom. The first-order valence-electron chi connectivity index (χ1n) is 12.0. The Morgan fingerprint density at radius 1 is 1.09 bits per heavy atom. The number of hydrogen-bond acceptors (Lipinski definition) is 7. The third kappa shape index (κ3) is 4.06. The molecule has 0 saturated carbocycles. The molecule has 1 unspecified atom stereocenters. The largest absolute Gasteiger partial charge is 0.507 e. The summed E-state index contributed by atoms with van der Waals surface area (Å²) in [5.74, 6) is -1.63. The zero-order chi connectivity index (χ0) is 26.0. The summed E-state index contributed by atoms with van der Waals surface area (Å²) in [5.41, 5.74) is 1.09. The molecule has 5 rings (SSSR count). The molecule has 0 bridgehead atoms. The van der Waals surface area contributed by atoms with E-state index in [0.717, 1.165) is 11.1 Å². The molecule has 1 aromatic carbocycles. The van der Waals surface area contributed by atoms with Crippen LogP contribution in [-0.4, -0.2) is 47.3 Å². The van der Waals surface area contributed by atoms with Gasteiger partial charge in [-0.05, 0) is 63.9 Å². The highest BCUT2D eigenvalue weighted by atomic mass is 16.6. The lowest BCUT2D eigenvalue weighted by atomic mass is 9.63. The highest BCUT2D eigenvalue weighted by Gasteiger charge is 2.70. The van der Waals surface area contributed by atoms with Gasteiger partial charge in [-0.2, -0.15) is 0 Å². The van der Waals surface area contributed by atoms with Gasteiger partial charge in [0.05, 0.1) is 5.56 Å². The summed E-state index contributed by atoms with van der Waals surface area (Å²) >= 11 is 0. The topological polar surface area (TPSA) is 116 Å². The van der Waals surface area contributed by atoms with E-state index in [2.05, 4.69) is 5.32 Å². The lowest BCUT2D eigenvalue weighted by molar-refractivity contribution is -0.123. The number of epoxide rings is 1. The molecule has 3 N–H and O–H groups in total. The molecule has 7 nitrogen and oxygen atoms in total. The standard InChI is InChI=1S/C21H18O6.C2H7N.2C2H6/c1-8-3-4-13(23)17-12(8)6-10-5-11-7-14(24)15(9(2)22)19(26)21(11)20(27-21)16(10)18(17)25;1-3-2;2*1-2/h3-4,10-11,23,26H,5-7H2,1-2H3;3H,1-2H3;2*1-2H3/t10?,11-,21+;;;/m0.../s1. The van der Waals surface area contributed by atoms with E-state index in [9.17, 15) is 24.6 Å². The molecule has 1 spiro atoms. The van der Waals surface area contributed by atoms with Crippen LogP contribution < -0.4 is 5.32 Å². The van der Waals surface area contributed by atoms with Crippen LogP contribution in [0.4, 0.5) is 0 Å². The Balaban J connectivity index is 0.000000531. The first kappa shape index (κ1) is 27.3. The van der Waals surface area contributed by atoms with E-state index in [4.69, 9.17) is 4.74 Å². The van der Waals surface area contributed by atoms with Crippen LogP contribution in [0.1, 0.15) is 68.9 Å². The maximum Gasteiger partial charge on any atom is 0.226 e. The highest BCUT2D eigenvalue weighted by Crippen LogP contribution is 2.64. The molecular formula is C27H37NO6. The number of fused-ring (bicyclic) bond motifs is 2. The SMILES string of the molecule is CC.CC.CC(=O)C1=C(O)[C@@]23OC2=C2C(=O)c4c(O)ccc(C)c4CC2C[C@H]3CC1=O.CNC. The number of phenolic OH excluding ortho intramolecular Hbond substituents is 1. The number of rotatable bonds is 1. The normalized spacial score (nSPS) is 25.4. The number of benzene rings is 1. The first-order chi connectivity index (χ1) is 16.2. The van der Waals surface area contributed by atoms with Crippen LogP contribution in [-0.2, 0) is 20.7 Å². The third-order valence-corrected chi connectivity index (χ3v) is 6.45. The van der Waals surface area contributed by atoms with Crippen LogP contribution >= 0.6 is 0 Å². The van der Waals surface area contributed by atoms with Gasteiger partial charge in [-0.1, -0.05) is 33.8 Å². The van der Waals surface area contributed by atoms with Crippen molar-refractivity contribution in [2.24, 2.45) is 11.8 Å². The van der Waals surface area contributed by atoms with E-state index in [0.29, 0.717) is 29.7 Å². The Bertz CT molecular complexity index is 1070. The van der Waals surface area contributed by atoms with Crippen molar-refractivity contribution in [3.05, 3.63) is 51.5 Å². The molecule has 1 heterocycles. The van der Waals surface area contributed by atoms with Crippen molar-refractivity contribution >= 4 is 17.3 Å². The summed E-state index contributed by atoms with van der Waals surface area (Å²) in [6.07, 6.45) is 1.21. The monoisotopic (exact) mass is 471 g/mol. The average Bonchev–Trinajstić information content (AvgIpc) is 3.55. The molecule has 3 atom stereocenters. The zero-order valence-corrected chi connectivity index (χ0v) is 21.5. The van der Waals surface area contributed by atoms with Crippen molar-refractivity contribution in [2.45, 2.75) is 66.4 Å². The van der Waals surface area contributed by atoms with Crippen molar-refractivity contribution in [1.29, 1.82) is 0 Å². The fraction of sp³-hybridized carbons (Fsp3) is 0.519. The lowest BCUT2D eigenvalue weighted by Crippen LogP contribution is -2.42. The highest BCUT2D eigenvalue weighted by molar-refractivity contribution is 6.21. The maximum absolute atomic E-state index is 13.2. The minimum absolute atomic E-state index is 0.0630. The van der Waals surface area contributed by atoms with E-state index in [-0.39, 0.29) is 46.9 Å².